The molecule has 0 radical (unpaired) electrons. The van der Waals surface area contributed by atoms with Crippen LogP contribution in [0.4, 0.5) is 0 Å². The SMILES string of the molecule is N#Cc1ccc(-n2c3ccc(C#N)cc3c3ccc(C#N)cc32)c(-c2ccccc2-c2ccc(-n3c4ccccc4c4ccccc43)cc2)c1. The molecule has 0 atom stereocenters. The van der Waals surface area contributed by atoms with Gasteiger partial charge in [0.1, 0.15) is 0 Å². The summed E-state index contributed by atoms with van der Waals surface area (Å²) in [7, 11) is 0. The Morgan fingerprint density at radius 3 is 1.60 bits per heavy atom. The first-order chi connectivity index (χ1) is 24.7. The van der Waals surface area contributed by atoms with E-state index in [2.05, 4.69) is 112 Å². The van der Waals surface area contributed by atoms with Crippen LogP contribution in [0.1, 0.15) is 16.7 Å². The molecule has 7 aromatic carbocycles. The molecule has 0 bridgehead atoms. The topological polar surface area (TPSA) is 81.2 Å². The average Bonchev–Trinajstić information content (AvgIpc) is 3.69. The minimum absolute atomic E-state index is 0.543. The Morgan fingerprint density at radius 1 is 0.360 bits per heavy atom. The van der Waals surface area contributed by atoms with Crippen molar-refractivity contribution >= 4 is 43.6 Å². The number of aromatic nitrogens is 2. The molecule has 2 aromatic heterocycles. The van der Waals surface area contributed by atoms with Crippen molar-refractivity contribution in [3.05, 3.63) is 168 Å². The lowest BCUT2D eigenvalue weighted by molar-refractivity contribution is 1.18. The highest BCUT2D eigenvalue weighted by molar-refractivity contribution is 6.11. The van der Waals surface area contributed by atoms with Crippen LogP contribution in [0.5, 0.6) is 0 Å². The fourth-order valence-corrected chi connectivity index (χ4v) is 7.40. The standard InChI is InChI=1S/C45H25N5/c46-26-29-14-21-43(50-44-22-15-30(27-47)24-40(44)38-20-13-31(28-48)25-45(38)50)39(23-29)35-8-2-1-7-34(35)32-16-18-33(19-17-32)49-41-11-5-3-9-36(41)37-10-4-6-12-42(37)49/h1-25H. The highest BCUT2D eigenvalue weighted by atomic mass is 15.0. The maximum atomic E-state index is 10.0. The van der Waals surface area contributed by atoms with Gasteiger partial charge in [-0.05, 0) is 89.5 Å². The van der Waals surface area contributed by atoms with E-state index in [1.54, 1.807) is 0 Å². The van der Waals surface area contributed by atoms with Gasteiger partial charge in [-0.3, -0.25) is 0 Å². The van der Waals surface area contributed by atoms with Gasteiger partial charge in [0.25, 0.3) is 0 Å². The van der Waals surface area contributed by atoms with Crippen LogP contribution in [0.3, 0.4) is 0 Å². The van der Waals surface area contributed by atoms with Crippen molar-refractivity contribution in [3.63, 3.8) is 0 Å². The molecule has 0 aliphatic carbocycles. The summed E-state index contributed by atoms with van der Waals surface area (Å²) in [5, 5.41) is 33.9. The van der Waals surface area contributed by atoms with Gasteiger partial charge in [0, 0.05) is 32.8 Å². The molecule has 5 nitrogen and oxygen atoms in total. The zero-order chi connectivity index (χ0) is 33.8. The fraction of sp³-hybridized carbons (Fsp3) is 0. The summed E-state index contributed by atoms with van der Waals surface area (Å²) in [5.41, 5.74) is 11.6. The number of benzene rings is 7. The molecule has 50 heavy (non-hydrogen) atoms. The smallest absolute Gasteiger partial charge is 0.0992 e. The molecule has 9 rings (SSSR count). The van der Waals surface area contributed by atoms with E-state index in [0.29, 0.717) is 16.7 Å². The molecule has 0 saturated carbocycles. The van der Waals surface area contributed by atoms with Crippen molar-refractivity contribution in [2.75, 3.05) is 0 Å². The lowest BCUT2D eigenvalue weighted by Crippen LogP contribution is -1.99. The number of nitrogens with zero attached hydrogens (tertiary/aromatic N) is 5. The zero-order valence-electron chi connectivity index (χ0n) is 26.7. The van der Waals surface area contributed by atoms with Crippen molar-refractivity contribution in [2.24, 2.45) is 0 Å². The summed E-state index contributed by atoms with van der Waals surface area (Å²) < 4.78 is 4.45. The third-order valence-electron chi connectivity index (χ3n) is 9.62. The quantitative estimate of drug-likeness (QED) is 0.193. The van der Waals surface area contributed by atoms with Gasteiger partial charge in [0.2, 0.25) is 0 Å². The van der Waals surface area contributed by atoms with Crippen molar-refractivity contribution in [1.29, 1.82) is 15.8 Å². The predicted molar refractivity (Wildman–Crippen MR) is 200 cm³/mol. The number of fused-ring (bicyclic) bond motifs is 6. The normalized spacial score (nSPS) is 11.1. The lowest BCUT2D eigenvalue weighted by atomic mass is 9.92. The Hall–Kier alpha value is -7.39. The minimum atomic E-state index is 0.543. The highest BCUT2D eigenvalue weighted by Crippen LogP contribution is 2.41. The molecular weight excluding hydrogens is 611 g/mol. The van der Waals surface area contributed by atoms with Gasteiger partial charge in [-0.2, -0.15) is 15.8 Å². The van der Waals surface area contributed by atoms with Gasteiger partial charge in [0.15, 0.2) is 0 Å². The maximum Gasteiger partial charge on any atom is 0.0992 e. The van der Waals surface area contributed by atoms with Crippen molar-refractivity contribution in [2.45, 2.75) is 0 Å². The molecule has 0 amide bonds. The maximum absolute atomic E-state index is 10.0. The number of hydrogen-bond acceptors (Lipinski definition) is 3. The second-order valence-corrected chi connectivity index (χ2v) is 12.3. The Balaban J connectivity index is 1.25. The van der Waals surface area contributed by atoms with Crippen LogP contribution >= 0.6 is 0 Å². The fourth-order valence-electron chi connectivity index (χ4n) is 7.40. The van der Waals surface area contributed by atoms with Gasteiger partial charge in [0.05, 0.1) is 62.7 Å². The molecule has 0 fully saturated rings. The molecule has 0 unspecified atom stereocenters. The van der Waals surface area contributed by atoms with Crippen LogP contribution in [0, 0.1) is 34.0 Å². The Bertz CT molecular complexity index is 2900. The van der Waals surface area contributed by atoms with Gasteiger partial charge in [-0.25, -0.2) is 0 Å². The Kier molecular flexibility index (Phi) is 6.56. The van der Waals surface area contributed by atoms with Crippen LogP contribution in [-0.2, 0) is 0 Å². The molecule has 0 aliphatic rings. The summed E-state index contributed by atoms with van der Waals surface area (Å²) in [6.07, 6.45) is 0. The molecule has 9 aromatic rings. The number of hydrogen-bond donors (Lipinski definition) is 0. The summed E-state index contributed by atoms with van der Waals surface area (Å²) in [6, 6.07) is 57.9. The first-order valence-corrected chi connectivity index (χ1v) is 16.3. The van der Waals surface area contributed by atoms with E-state index in [-0.39, 0.29) is 0 Å². The van der Waals surface area contributed by atoms with Crippen molar-refractivity contribution in [1.82, 2.24) is 9.13 Å². The molecule has 0 saturated heterocycles. The third-order valence-corrected chi connectivity index (χ3v) is 9.62. The monoisotopic (exact) mass is 635 g/mol. The predicted octanol–water partition coefficient (Wildman–Crippen LogP) is 10.8. The molecule has 5 heteroatoms. The van der Waals surface area contributed by atoms with Crippen LogP contribution in [0.25, 0.3) is 77.2 Å². The second-order valence-electron chi connectivity index (χ2n) is 12.3. The molecule has 0 N–H and O–H groups in total. The number of para-hydroxylation sites is 2. The zero-order valence-corrected chi connectivity index (χ0v) is 26.7. The van der Waals surface area contributed by atoms with Crippen LogP contribution < -0.4 is 0 Å². The van der Waals surface area contributed by atoms with E-state index in [4.69, 9.17) is 0 Å². The second kappa shape index (κ2) is 11.4. The summed E-state index contributed by atoms with van der Waals surface area (Å²) in [4.78, 5) is 0. The minimum Gasteiger partial charge on any atom is -0.309 e. The van der Waals surface area contributed by atoms with E-state index in [1.165, 1.54) is 10.8 Å². The van der Waals surface area contributed by atoms with E-state index >= 15 is 0 Å². The van der Waals surface area contributed by atoms with Crippen LogP contribution in [0.15, 0.2) is 152 Å². The molecule has 0 aliphatic heterocycles. The molecule has 230 valence electrons. The Labute approximate surface area is 287 Å². The van der Waals surface area contributed by atoms with Gasteiger partial charge < -0.3 is 9.13 Å². The molecular formula is C45H25N5. The molecule has 0 spiro atoms. The van der Waals surface area contributed by atoms with E-state index in [1.807, 2.05) is 66.7 Å². The largest absolute Gasteiger partial charge is 0.309 e. The van der Waals surface area contributed by atoms with Gasteiger partial charge in [-0.1, -0.05) is 78.9 Å². The lowest BCUT2D eigenvalue weighted by Gasteiger charge is -2.18. The summed E-state index contributed by atoms with van der Waals surface area (Å²) in [6.45, 7) is 0. The van der Waals surface area contributed by atoms with E-state index in [0.717, 1.165) is 66.5 Å². The number of rotatable bonds is 4. The molecule has 2 heterocycles. The highest BCUT2D eigenvalue weighted by Gasteiger charge is 2.20. The first kappa shape index (κ1) is 28.8. The van der Waals surface area contributed by atoms with Crippen LogP contribution in [-0.4, -0.2) is 9.13 Å². The van der Waals surface area contributed by atoms with Crippen molar-refractivity contribution < 1.29 is 0 Å². The number of nitriles is 3. The summed E-state index contributed by atoms with van der Waals surface area (Å²) >= 11 is 0. The van der Waals surface area contributed by atoms with Crippen LogP contribution in [0.2, 0.25) is 0 Å². The van der Waals surface area contributed by atoms with E-state index < -0.39 is 0 Å². The van der Waals surface area contributed by atoms with Crippen molar-refractivity contribution in [3.8, 4) is 51.8 Å². The van der Waals surface area contributed by atoms with Gasteiger partial charge in [-0.15, -0.1) is 0 Å². The average molecular weight is 636 g/mol. The van der Waals surface area contributed by atoms with Gasteiger partial charge >= 0.3 is 0 Å². The Morgan fingerprint density at radius 2 is 0.900 bits per heavy atom. The first-order valence-electron chi connectivity index (χ1n) is 16.3. The summed E-state index contributed by atoms with van der Waals surface area (Å²) in [5.74, 6) is 0. The third kappa shape index (κ3) is 4.38. The van der Waals surface area contributed by atoms with E-state index in [9.17, 15) is 15.8 Å².